The summed E-state index contributed by atoms with van der Waals surface area (Å²) in [6.45, 7) is 1.86. The summed E-state index contributed by atoms with van der Waals surface area (Å²) in [5.74, 6) is 0.515. The number of para-hydroxylation sites is 1. The Morgan fingerprint density at radius 1 is 1.17 bits per heavy atom. The molecule has 4 nitrogen and oxygen atoms in total. The molecule has 1 amide bonds. The van der Waals surface area contributed by atoms with Gasteiger partial charge in [0.2, 0.25) is 0 Å². The fourth-order valence-electron chi connectivity index (χ4n) is 2.12. The van der Waals surface area contributed by atoms with E-state index in [4.69, 9.17) is 4.74 Å². The van der Waals surface area contributed by atoms with Gasteiger partial charge in [0.15, 0.2) is 11.7 Å². The summed E-state index contributed by atoms with van der Waals surface area (Å²) in [5, 5.41) is 2.58. The first-order chi connectivity index (χ1) is 11.6. The SMILES string of the molecule is Cc1csc(N(C(=O)COc2ccc(I)cc2)c2ccccc2)n1. The molecule has 0 aliphatic carbocycles. The van der Waals surface area contributed by atoms with Gasteiger partial charge in [0.1, 0.15) is 5.75 Å². The van der Waals surface area contributed by atoms with Crippen LogP contribution in [0.25, 0.3) is 0 Å². The first-order valence-electron chi connectivity index (χ1n) is 7.32. The van der Waals surface area contributed by atoms with E-state index < -0.39 is 0 Å². The smallest absolute Gasteiger partial charge is 0.271 e. The van der Waals surface area contributed by atoms with E-state index in [2.05, 4.69) is 27.6 Å². The van der Waals surface area contributed by atoms with Gasteiger partial charge >= 0.3 is 0 Å². The molecule has 1 aromatic heterocycles. The number of ether oxygens (including phenoxy) is 1. The van der Waals surface area contributed by atoms with Gasteiger partial charge in [-0.05, 0) is 65.9 Å². The highest BCUT2D eigenvalue weighted by Crippen LogP contribution is 2.28. The Labute approximate surface area is 158 Å². The van der Waals surface area contributed by atoms with Crippen molar-refractivity contribution >= 4 is 50.7 Å². The molecule has 2 aromatic carbocycles. The van der Waals surface area contributed by atoms with Crippen molar-refractivity contribution < 1.29 is 9.53 Å². The van der Waals surface area contributed by atoms with Gasteiger partial charge in [0, 0.05) is 8.95 Å². The predicted octanol–water partition coefficient (Wildman–Crippen LogP) is 4.80. The molecule has 122 valence electrons. The minimum absolute atomic E-state index is 0.0475. The van der Waals surface area contributed by atoms with Crippen LogP contribution in [-0.4, -0.2) is 17.5 Å². The maximum Gasteiger partial charge on any atom is 0.271 e. The maximum atomic E-state index is 12.8. The quantitative estimate of drug-likeness (QED) is 0.525. The number of rotatable bonds is 5. The normalized spacial score (nSPS) is 10.4. The Morgan fingerprint density at radius 2 is 1.88 bits per heavy atom. The summed E-state index contributed by atoms with van der Waals surface area (Å²) in [6.07, 6.45) is 0. The summed E-state index contributed by atoms with van der Waals surface area (Å²) in [6, 6.07) is 17.1. The number of aryl methyl sites for hydroxylation is 1. The van der Waals surface area contributed by atoms with E-state index in [1.807, 2.05) is 66.9 Å². The fourth-order valence-corrected chi connectivity index (χ4v) is 3.32. The average Bonchev–Trinajstić information content (AvgIpc) is 3.01. The molecule has 0 unspecified atom stereocenters. The highest BCUT2D eigenvalue weighted by Gasteiger charge is 2.21. The first kappa shape index (κ1) is 16.9. The highest BCUT2D eigenvalue weighted by atomic mass is 127. The van der Waals surface area contributed by atoms with Gasteiger partial charge in [-0.3, -0.25) is 9.69 Å². The Kier molecular flexibility index (Phi) is 5.47. The molecule has 0 saturated heterocycles. The van der Waals surface area contributed by atoms with Gasteiger partial charge in [-0.1, -0.05) is 18.2 Å². The number of amides is 1. The largest absolute Gasteiger partial charge is 0.484 e. The van der Waals surface area contributed by atoms with Crippen LogP contribution >= 0.6 is 33.9 Å². The molecule has 0 atom stereocenters. The molecule has 0 aliphatic rings. The molecule has 6 heteroatoms. The molecule has 0 radical (unpaired) electrons. The second-order valence-electron chi connectivity index (χ2n) is 5.08. The lowest BCUT2D eigenvalue weighted by Gasteiger charge is -2.20. The molecule has 3 rings (SSSR count). The molecule has 0 bridgehead atoms. The van der Waals surface area contributed by atoms with Gasteiger partial charge < -0.3 is 4.74 Å². The summed E-state index contributed by atoms with van der Waals surface area (Å²) >= 11 is 3.67. The molecular weight excluding hydrogens is 435 g/mol. The van der Waals surface area contributed by atoms with Crippen molar-refractivity contribution in [2.45, 2.75) is 6.92 Å². The van der Waals surface area contributed by atoms with Crippen LogP contribution in [0.3, 0.4) is 0 Å². The summed E-state index contributed by atoms with van der Waals surface area (Å²) in [7, 11) is 0. The molecule has 0 aliphatic heterocycles. The minimum atomic E-state index is -0.158. The van der Waals surface area contributed by atoms with Crippen molar-refractivity contribution in [3.8, 4) is 5.75 Å². The van der Waals surface area contributed by atoms with E-state index in [1.54, 1.807) is 4.90 Å². The van der Waals surface area contributed by atoms with Crippen LogP contribution in [0.5, 0.6) is 5.75 Å². The van der Waals surface area contributed by atoms with E-state index >= 15 is 0 Å². The van der Waals surface area contributed by atoms with E-state index in [0.717, 1.165) is 15.0 Å². The number of aromatic nitrogens is 1. The number of carbonyl (C=O) groups is 1. The van der Waals surface area contributed by atoms with Gasteiger partial charge in [-0.15, -0.1) is 11.3 Å². The van der Waals surface area contributed by atoms with Crippen LogP contribution < -0.4 is 9.64 Å². The topological polar surface area (TPSA) is 42.4 Å². The van der Waals surface area contributed by atoms with Crippen molar-refractivity contribution in [3.63, 3.8) is 0 Å². The van der Waals surface area contributed by atoms with Gasteiger partial charge in [0.05, 0.1) is 11.4 Å². The third-order valence-corrected chi connectivity index (χ3v) is 4.90. The number of carbonyl (C=O) groups excluding carboxylic acids is 1. The Hall–Kier alpha value is -1.93. The third kappa shape index (κ3) is 4.12. The van der Waals surface area contributed by atoms with Crippen LogP contribution in [0.15, 0.2) is 60.0 Å². The second-order valence-corrected chi connectivity index (χ2v) is 7.16. The number of thiazole rings is 1. The second kappa shape index (κ2) is 7.76. The van der Waals surface area contributed by atoms with Crippen LogP contribution in [0, 0.1) is 10.5 Å². The van der Waals surface area contributed by atoms with E-state index in [0.29, 0.717) is 10.9 Å². The lowest BCUT2D eigenvalue weighted by Crippen LogP contribution is -2.30. The molecule has 3 aromatic rings. The number of hydrogen-bond acceptors (Lipinski definition) is 4. The van der Waals surface area contributed by atoms with Gasteiger partial charge in [-0.25, -0.2) is 4.98 Å². The highest BCUT2D eigenvalue weighted by molar-refractivity contribution is 14.1. The standard InChI is InChI=1S/C18H15IN2O2S/c1-13-12-24-18(20-13)21(15-5-3-2-4-6-15)17(22)11-23-16-9-7-14(19)8-10-16/h2-10,12H,11H2,1H3. The molecular formula is C18H15IN2O2S. The zero-order chi connectivity index (χ0) is 16.9. The van der Waals surface area contributed by atoms with E-state index in [1.165, 1.54) is 11.3 Å². The molecule has 1 heterocycles. The molecule has 0 saturated carbocycles. The van der Waals surface area contributed by atoms with Gasteiger partial charge in [0.25, 0.3) is 5.91 Å². The van der Waals surface area contributed by atoms with Crippen molar-refractivity contribution in [1.29, 1.82) is 0 Å². The molecule has 24 heavy (non-hydrogen) atoms. The molecule has 0 fully saturated rings. The summed E-state index contributed by atoms with van der Waals surface area (Å²) < 4.78 is 6.76. The molecule has 0 spiro atoms. The Morgan fingerprint density at radius 3 is 2.50 bits per heavy atom. The van der Waals surface area contributed by atoms with Gasteiger partial charge in [-0.2, -0.15) is 0 Å². The monoisotopic (exact) mass is 450 g/mol. The maximum absolute atomic E-state index is 12.8. The van der Waals surface area contributed by atoms with Crippen LogP contribution in [0.4, 0.5) is 10.8 Å². The zero-order valence-electron chi connectivity index (χ0n) is 13.0. The predicted molar refractivity (Wildman–Crippen MR) is 105 cm³/mol. The van der Waals surface area contributed by atoms with E-state index in [9.17, 15) is 4.79 Å². The van der Waals surface area contributed by atoms with Crippen molar-refractivity contribution in [2.75, 3.05) is 11.5 Å². The van der Waals surface area contributed by atoms with Crippen molar-refractivity contribution in [1.82, 2.24) is 4.98 Å². The van der Waals surface area contributed by atoms with Crippen molar-refractivity contribution in [3.05, 3.63) is 69.2 Å². The van der Waals surface area contributed by atoms with Crippen LogP contribution in [0.2, 0.25) is 0 Å². The van der Waals surface area contributed by atoms with Crippen LogP contribution in [-0.2, 0) is 4.79 Å². The summed E-state index contributed by atoms with van der Waals surface area (Å²) in [5.41, 5.74) is 1.67. The number of benzene rings is 2. The summed E-state index contributed by atoms with van der Waals surface area (Å²) in [4.78, 5) is 18.8. The zero-order valence-corrected chi connectivity index (χ0v) is 16.0. The number of nitrogens with zero attached hydrogens (tertiary/aromatic N) is 2. The van der Waals surface area contributed by atoms with Crippen molar-refractivity contribution in [2.24, 2.45) is 0 Å². The Balaban J connectivity index is 1.80. The lowest BCUT2D eigenvalue weighted by molar-refractivity contribution is -0.119. The first-order valence-corrected chi connectivity index (χ1v) is 9.28. The Bertz CT molecular complexity index is 819. The lowest BCUT2D eigenvalue weighted by atomic mass is 10.3. The number of anilines is 2. The molecule has 0 N–H and O–H groups in total. The average molecular weight is 450 g/mol. The van der Waals surface area contributed by atoms with E-state index in [-0.39, 0.29) is 12.5 Å². The van der Waals surface area contributed by atoms with Crippen LogP contribution in [0.1, 0.15) is 5.69 Å². The third-order valence-electron chi connectivity index (χ3n) is 3.24. The fraction of sp³-hybridized carbons (Fsp3) is 0.111. The number of halogens is 1. The number of hydrogen-bond donors (Lipinski definition) is 0. The minimum Gasteiger partial charge on any atom is -0.484 e.